The maximum atomic E-state index is 13.6. The second-order valence-corrected chi connectivity index (χ2v) is 26.8. The fourth-order valence-corrected chi connectivity index (χ4v) is 11.0. The van der Waals surface area contributed by atoms with E-state index >= 15 is 0 Å². The number of hydrogen-bond donors (Lipinski definition) is 1. The van der Waals surface area contributed by atoms with Crippen LogP contribution in [0.2, 0.25) is 0 Å². The lowest BCUT2D eigenvalue weighted by molar-refractivity contribution is -0.870. The van der Waals surface area contributed by atoms with Crippen molar-refractivity contribution in [1.29, 1.82) is 0 Å². The minimum Gasteiger partial charge on any atom is -0.756 e. The first-order valence-electron chi connectivity index (χ1n) is 35.9. The van der Waals surface area contributed by atoms with Gasteiger partial charge in [-0.2, -0.15) is 0 Å². The van der Waals surface area contributed by atoms with Crippen LogP contribution in [0, 0.1) is 0 Å². The molecule has 3 atom stereocenters. The van der Waals surface area contributed by atoms with Crippen LogP contribution in [-0.4, -0.2) is 69.4 Å². The number of allylic oxidation sites excluding steroid dienone is 13. The second kappa shape index (κ2) is 64.2. The zero-order valence-corrected chi connectivity index (χ0v) is 57.4. The summed E-state index contributed by atoms with van der Waals surface area (Å²) in [6, 6.07) is -0.896. The molecule has 0 saturated heterocycles. The highest BCUT2D eigenvalue weighted by Crippen LogP contribution is 2.38. The molecular formula is C75H137N2O7P. The van der Waals surface area contributed by atoms with Crippen molar-refractivity contribution < 1.29 is 37.3 Å². The monoisotopic (exact) mass is 1210 g/mol. The van der Waals surface area contributed by atoms with Crippen LogP contribution in [0.5, 0.6) is 0 Å². The third-order valence-electron chi connectivity index (χ3n) is 15.8. The smallest absolute Gasteiger partial charge is 0.306 e. The number of nitrogens with one attached hydrogen (secondary N) is 1. The van der Waals surface area contributed by atoms with Gasteiger partial charge in [-0.25, -0.2) is 0 Å². The summed E-state index contributed by atoms with van der Waals surface area (Å²) in [5.74, 6) is -0.544. The molecule has 0 aromatic carbocycles. The normalized spacial score (nSPS) is 14.0. The summed E-state index contributed by atoms with van der Waals surface area (Å²) in [7, 11) is 1.18. The number of esters is 1. The van der Waals surface area contributed by atoms with E-state index in [1.807, 2.05) is 33.3 Å². The van der Waals surface area contributed by atoms with Crippen molar-refractivity contribution in [3.05, 3.63) is 85.1 Å². The van der Waals surface area contributed by atoms with Crippen molar-refractivity contribution in [1.82, 2.24) is 5.32 Å². The molecule has 0 aliphatic carbocycles. The van der Waals surface area contributed by atoms with E-state index in [1.165, 1.54) is 199 Å². The Labute approximate surface area is 526 Å². The zero-order chi connectivity index (χ0) is 62.1. The number of carbonyl (C=O) groups excluding carboxylic acids is 2. The topological polar surface area (TPSA) is 114 Å². The number of phosphoric acid groups is 1. The maximum Gasteiger partial charge on any atom is 0.306 e. The molecule has 0 heterocycles. The Bertz CT molecular complexity index is 1730. The molecule has 0 radical (unpaired) electrons. The van der Waals surface area contributed by atoms with Gasteiger partial charge in [-0.3, -0.25) is 14.2 Å². The number of hydrogen-bond acceptors (Lipinski definition) is 7. The molecule has 85 heavy (non-hydrogen) atoms. The molecule has 0 fully saturated rings. The number of unbranched alkanes of at least 4 members (excludes halogenated alkanes) is 37. The standard InChI is InChI=1S/C75H137N2O7P/c1-7-10-13-16-19-22-25-27-29-31-33-35-36-37-38-39-40-42-44-46-48-50-53-56-59-62-65-68-75(79)84-73(66-63-60-57-54-51-24-21-18-15-12-9-3)72(71-83-85(80,81)82-70-69-77(4,5)6)76-74(78)67-64-61-58-55-52-49-47-45-43-41-34-32-30-28-26-23-20-17-14-11-8-2/h19-20,22-23,27-30,33-35,41,63,66,72-73H,7-18,21,24-26,31-32,36-40,42-62,64-65,67-71H2,1-6H3,(H-,76,78,80,81)/b22-19-,23-20-,29-27-,30-28-,35-33-,41-34-,66-63-. The Morgan fingerprint density at radius 1 is 0.412 bits per heavy atom. The predicted molar refractivity (Wildman–Crippen MR) is 367 cm³/mol. The summed E-state index contributed by atoms with van der Waals surface area (Å²) in [4.78, 5) is 40.2. The summed E-state index contributed by atoms with van der Waals surface area (Å²) < 4.78 is 30.4. The van der Waals surface area contributed by atoms with E-state index in [4.69, 9.17) is 13.8 Å². The third-order valence-corrected chi connectivity index (χ3v) is 16.8. The quantitative estimate of drug-likeness (QED) is 0.0212. The number of quaternary nitrogens is 1. The van der Waals surface area contributed by atoms with Crippen LogP contribution < -0.4 is 10.2 Å². The number of ether oxygens (including phenoxy) is 1. The van der Waals surface area contributed by atoms with Crippen molar-refractivity contribution in [2.45, 2.75) is 341 Å². The first-order chi connectivity index (χ1) is 41.4. The molecule has 0 bridgehead atoms. The molecule has 494 valence electrons. The van der Waals surface area contributed by atoms with E-state index < -0.39 is 26.6 Å². The van der Waals surface area contributed by atoms with E-state index in [2.05, 4.69) is 99.0 Å². The summed E-state index contributed by atoms with van der Waals surface area (Å²) >= 11 is 0. The highest BCUT2D eigenvalue weighted by molar-refractivity contribution is 7.45. The van der Waals surface area contributed by atoms with Gasteiger partial charge in [0.15, 0.2) is 0 Å². The van der Waals surface area contributed by atoms with E-state index in [1.54, 1.807) is 0 Å². The fourth-order valence-electron chi connectivity index (χ4n) is 10.2. The molecule has 9 nitrogen and oxygen atoms in total. The Hall–Kier alpha value is -2.81. The predicted octanol–water partition coefficient (Wildman–Crippen LogP) is 22.3. The summed E-state index contributed by atoms with van der Waals surface area (Å²) in [5, 5.41) is 3.04. The van der Waals surface area contributed by atoms with Crippen molar-refractivity contribution in [2.75, 3.05) is 40.9 Å². The van der Waals surface area contributed by atoms with Gasteiger partial charge in [-0.05, 0) is 109 Å². The van der Waals surface area contributed by atoms with Gasteiger partial charge in [0.25, 0.3) is 7.82 Å². The summed E-state index contributed by atoms with van der Waals surface area (Å²) in [5.41, 5.74) is 0. The highest BCUT2D eigenvalue weighted by atomic mass is 31.2. The molecule has 0 saturated carbocycles. The van der Waals surface area contributed by atoms with Crippen LogP contribution in [0.1, 0.15) is 329 Å². The molecule has 3 unspecified atom stereocenters. The lowest BCUT2D eigenvalue weighted by Gasteiger charge is -2.30. The Morgan fingerprint density at radius 3 is 1.09 bits per heavy atom. The first kappa shape index (κ1) is 82.2. The molecule has 0 aliphatic rings. The van der Waals surface area contributed by atoms with Crippen LogP contribution in [0.25, 0.3) is 0 Å². The first-order valence-corrected chi connectivity index (χ1v) is 37.4. The van der Waals surface area contributed by atoms with Gasteiger partial charge >= 0.3 is 5.97 Å². The minimum atomic E-state index is -4.71. The van der Waals surface area contributed by atoms with Gasteiger partial charge in [-0.1, -0.05) is 292 Å². The zero-order valence-electron chi connectivity index (χ0n) is 56.6. The Balaban J connectivity index is 5.00. The number of carbonyl (C=O) groups is 2. The summed E-state index contributed by atoms with van der Waals surface area (Å²) in [6.07, 6.45) is 85.6. The molecular weight excluding hydrogens is 1070 g/mol. The maximum absolute atomic E-state index is 13.6. The van der Waals surface area contributed by atoms with E-state index in [9.17, 15) is 19.0 Å². The second-order valence-electron chi connectivity index (χ2n) is 25.4. The van der Waals surface area contributed by atoms with Crippen molar-refractivity contribution >= 4 is 19.7 Å². The number of rotatable bonds is 65. The van der Waals surface area contributed by atoms with Gasteiger partial charge in [0.2, 0.25) is 5.91 Å². The summed E-state index contributed by atoms with van der Waals surface area (Å²) in [6.45, 7) is 6.80. The van der Waals surface area contributed by atoms with Crippen LogP contribution in [0.3, 0.4) is 0 Å². The van der Waals surface area contributed by atoms with E-state index in [0.717, 1.165) is 96.3 Å². The van der Waals surface area contributed by atoms with Gasteiger partial charge in [0, 0.05) is 12.8 Å². The molecule has 0 spiro atoms. The van der Waals surface area contributed by atoms with E-state index in [0.29, 0.717) is 17.4 Å². The average molecular weight is 1210 g/mol. The number of amides is 1. The molecule has 0 aliphatic heterocycles. The van der Waals surface area contributed by atoms with Crippen molar-refractivity contribution in [2.24, 2.45) is 0 Å². The molecule has 10 heteroatoms. The average Bonchev–Trinajstić information content (AvgIpc) is 3.59. The van der Waals surface area contributed by atoms with Crippen LogP contribution in [-0.2, 0) is 27.9 Å². The molecule has 0 rings (SSSR count). The van der Waals surface area contributed by atoms with Crippen LogP contribution in [0.4, 0.5) is 0 Å². The van der Waals surface area contributed by atoms with Crippen molar-refractivity contribution in [3.63, 3.8) is 0 Å². The Kier molecular flexibility index (Phi) is 62.1. The highest BCUT2D eigenvalue weighted by Gasteiger charge is 2.27. The van der Waals surface area contributed by atoms with Crippen LogP contribution in [0.15, 0.2) is 85.1 Å². The Morgan fingerprint density at radius 2 is 0.718 bits per heavy atom. The number of nitrogens with zero attached hydrogens (tertiary/aromatic N) is 1. The lowest BCUT2D eigenvalue weighted by atomic mass is 10.0. The minimum absolute atomic E-state index is 0.0261. The van der Waals surface area contributed by atoms with Crippen molar-refractivity contribution in [3.8, 4) is 0 Å². The number of phosphoric ester groups is 1. The fraction of sp³-hybridized carbons (Fsp3) is 0.787. The third kappa shape index (κ3) is 65.5. The lowest BCUT2D eigenvalue weighted by Crippen LogP contribution is -2.47. The largest absolute Gasteiger partial charge is 0.756 e. The number of likely N-dealkylation sites (N-methyl/N-ethyl adjacent to an activating group) is 1. The van der Waals surface area contributed by atoms with Gasteiger partial charge in [-0.15, -0.1) is 0 Å². The SMILES string of the molecule is CCCCC/C=C\C/C=C\C/C=C\CCCCCCCCCCCCCCCCC(=O)OC(/C=C\CCCCCCCCCCC)C(COP(=O)([O-])OCC[N+](C)(C)C)NC(=O)CCCCCCCCCC/C=C\C/C=C\C/C=C\CCCCC. The molecule has 0 aromatic heterocycles. The van der Waals surface area contributed by atoms with E-state index in [-0.39, 0.29) is 24.9 Å². The van der Waals surface area contributed by atoms with Gasteiger partial charge < -0.3 is 28.5 Å². The molecule has 1 N–H and O–H groups in total. The van der Waals surface area contributed by atoms with Gasteiger partial charge in [0.05, 0.1) is 33.8 Å². The van der Waals surface area contributed by atoms with Crippen LogP contribution >= 0.6 is 7.82 Å². The van der Waals surface area contributed by atoms with Gasteiger partial charge in [0.1, 0.15) is 19.3 Å². The molecule has 1 amide bonds. The molecule has 0 aromatic rings.